The van der Waals surface area contributed by atoms with Crippen LogP contribution in [-0.2, 0) is 9.59 Å². The van der Waals surface area contributed by atoms with Crippen LogP contribution < -0.4 is 5.32 Å². The van der Waals surface area contributed by atoms with Crippen molar-refractivity contribution in [1.82, 2.24) is 10.2 Å². The summed E-state index contributed by atoms with van der Waals surface area (Å²) in [5, 5.41) is 2.96. The highest BCUT2D eigenvalue weighted by Gasteiger charge is 2.48. The number of nitrogens with zero attached hydrogens (tertiary/aromatic N) is 1. The summed E-state index contributed by atoms with van der Waals surface area (Å²) in [6.45, 7) is 3.70. The summed E-state index contributed by atoms with van der Waals surface area (Å²) in [6, 6.07) is 6.80. The molecule has 1 saturated carbocycles. The summed E-state index contributed by atoms with van der Waals surface area (Å²) in [5.74, 6) is -1.70. The third kappa shape index (κ3) is 3.07. The molecular formula is C19H24N2O3. The Bertz CT molecular complexity index is 647. The zero-order valence-corrected chi connectivity index (χ0v) is 14.2. The molecule has 128 valence electrons. The van der Waals surface area contributed by atoms with Gasteiger partial charge in [0.1, 0.15) is 0 Å². The molecule has 1 aromatic carbocycles. The maximum atomic E-state index is 12.7. The summed E-state index contributed by atoms with van der Waals surface area (Å²) in [4.78, 5) is 38.4. The van der Waals surface area contributed by atoms with Crippen LogP contribution in [0.3, 0.4) is 0 Å². The molecule has 1 aliphatic heterocycles. The summed E-state index contributed by atoms with van der Waals surface area (Å²) in [6.07, 6.45) is 5.25. The van der Waals surface area contributed by atoms with Gasteiger partial charge in [0.2, 0.25) is 5.78 Å². The highest BCUT2D eigenvalue weighted by atomic mass is 16.2. The molecule has 3 rings (SSSR count). The largest absolute Gasteiger partial charge is 0.335 e. The summed E-state index contributed by atoms with van der Waals surface area (Å²) in [7, 11) is 0. The number of likely N-dealkylation sites (tertiary alicyclic amines) is 1. The first-order valence-corrected chi connectivity index (χ1v) is 8.73. The number of nitrogens with one attached hydrogen (secondary N) is 1. The van der Waals surface area contributed by atoms with Crippen molar-refractivity contribution in [2.45, 2.75) is 58.0 Å². The summed E-state index contributed by atoms with van der Waals surface area (Å²) >= 11 is 0. The second-order valence-corrected chi connectivity index (χ2v) is 6.97. The van der Waals surface area contributed by atoms with Crippen molar-refractivity contribution in [3.8, 4) is 0 Å². The number of amides is 3. The lowest BCUT2D eigenvalue weighted by molar-refractivity contribution is -0.139. The van der Waals surface area contributed by atoms with E-state index in [0.717, 1.165) is 41.7 Å². The first kappa shape index (κ1) is 16.7. The molecule has 0 radical (unpaired) electrons. The van der Waals surface area contributed by atoms with E-state index in [0.29, 0.717) is 0 Å². The average Bonchev–Trinajstić information content (AvgIpc) is 2.81. The molecular weight excluding hydrogens is 304 g/mol. The van der Waals surface area contributed by atoms with E-state index in [2.05, 4.69) is 5.32 Å². The van der Waals surface area contributed by atoms with Gasteiger partial charge in [-0.15, -0.1) is 0 Å². The fraction of sp³-hybridized carbons (Fsp3) is 0.526. The zero-order valence-electron chi connectivity index (χ0n) is 14.2. The molecule has 2 atom stereocenters. The fourth-order valence-corrected chi connectivity index (χ4v) is 3.72. The Hall–Kier alpha value is -2.17. The number of carbonyl (C=O) groups excluding carboxylic acids is 3. The van der Waals surface area contributed by atoms with Gasteiger partial charge in [-0.25, -0.2) is 9.69 Å². The van der Waals surface area contributed by atoms with Gasteiger partial charge in [-0.2, -0.15) is 0 Å². The van der Waals surface area contributed by atoms with E-state index >= 15 is 0 Å². The van der Waals surface area contributed by atoms with E-state index in [9.17, 15) is 14.4 Å². The first-order valence-electron chi connectivity index (χ1n) is 8.73. The van der Waals surface area contributed by atoms with E-state index in [-0.39, 0.29) is 6.04 Å². The van der Waals surface area contributed by atoms with Gasteiger partial charge >= 0.3 is 6.03 Å². The second-order valence-electron chi connectivity index (χ2n) is 6.97. The van der Waals surface area contributed by atoms with Crippen LogP contribution in [0.15, 0.2) is 24.3 Å². The molecule has 24 heavy (non-hydrogen) atoms. The number of benzene rings is 1. The lowest BCUT2D eigenvalue weighted by Crippen LogP contribution is -2.47. The van der Waals surface area contributed by atoms with E-state index < -0.39 is 29.7 Å². The van der Waals surface area contributed by atoms with Crippen LogP contribution in [-0.4, -0.2) is 28.7 Å². The first-order chi connectivity index (χ1) is 11.5. The third-order valence-electron chi connectivity index (χ3n) is 5.17. The topological polar surface area (TPSA) is 66.5 Å². The minimum Gasteiger partial charge on any atom is -0.335 e. The molecule has 1 N–H and O–H groups in total. The number of urea groups is 1. The van der Waals surface area contributed by atoms with Crippen molar-refractivity contribution >= 4 is 17.7 Å². The normalized spacial score (nSPS) is 25.2. The van der Waals surface area contributed by atoms with Crippen molar-refractivity contribution in [1.29, 1.82) is 0 Å². The minimum absolute atomic E-state index is 0.101. The molecule has 3 amide bonds. The van der Waals surface area contributed by atoms with E-state index in [1.165, 1.54) is 6.42 Å². The molecule has 5 nitrogen and oxygen atoms in total. The highest BCUT2D eigenvalue weighted by Crippen LogP contribution is 2.36. The highest BCUT2D eigenvalue weighted by molar-refractivity contribution is 6.41. The van der Waals surface area contributed by atoms with Gasteiger partial charge < -0.3 is 5.32 Å². The van der Waals surface area contributed by atoms with Gasteiger partial charge in [-0.05, 0) is 25.3 Å². The van der Waals surface area contributed by atoms with Gasteiger partial charge in [0.05, 0.1) is 6.04 Å². The maximum Gasteiger partial charge on any atom is 0.325 e. The van der Waals surface area contributed by atoms with Gasteiger partial charge in [0.25, 0.3) is 5.91 Å². The molecule has 2 aliphatic rings. The van der Waals surface area contributed by atoms with E-state index in [1.54, 1.807) is 6.92 Å². The average molecular weight is 328 g/mol. The number of carbonyl (C=O) groups is 3. The molecule has 1 saturated heterocycles. The number of Topliss-reactive ketones (excluding diaryl/α,β-unsaturated/α-hetero) is 1. The Balaban J connectivity index is 1.84. The number of ketones is 1. The molecule has 1 heterocycles. The quantitative estimate of drug-likeness (QED) is 0.848. The van der Waals surface area contributed by atoms with Crippen LogP contribution in [0.1, 0.15) is 56.2 Å². The number of imide groups is 1. The monoisotopic (exact) mass is 328 g/mol. The molecule has 1 aliphatic carbocycles. The molecule has 0 aromatic heterocycles. The van der Waals surface area contributed by atoms with Crippen molar-refractivity contribution in [2.75, 3.05) is 0 Å². The van der Waals surface area contributed by atoms with Crippen molar-refractivity contribution in [3.63, 3.8) is 0 Å². The molecule has 1 aromatic rings. The van der Waals surface area contributed by atoms with Gasteiger partial charge in [0, 0.05) is 12.0 Å². The maximum absolute atomic E-state index is 12.7. The van der Waals surface area contributed by atoms with Crippen LogP contribution >= 0.6 is 0 Å². The lowest BCUT2D eigenvalue weighted by atomic mass is 9.94. The lowest BCUT2D eigenvalue weighted by Gasteiger charge is -2.29. The Morgan fingerprint density at radius 1 is 1.08 bits per heavy atom. The molecule has 2 unspecified atom stereocenters. The smallest absolute Gasteiger partial charge is 0.325 e. The third-order valence-corrected chi connectivity index (χ3v) is 5.17. The van der Waals surface area contributed by atoms with Crippen molar-refractivity contribution in [3.05, 3.63) is 35.4 Å². The Morgan fingerprint density at radius 2 is 1.71 bits per heavy atom. The van der Waals surface area contributed by atoms with Crippen LogP contribution in [0.5, 0.6) is 0 Å². The van der Waals surface area contributed by atoms with E-state index in [1.807, 2.05) is 31.2 Å². The van der Waals surface area contributed by atoms with Gasteiger partial charge in [-0.1, -0.05) is 56.0 Å². The Morgan fingerprint density at radius 3 is 2.33 bits per heavy atom. The zero-order chi connectivity index (χ0) is 17.3. The minimum atomic E-state index is -0.693. The van der Waals surface area contributed by atoms with Gasteiger partial charge in [-0.3, -0.25) is 9.59 Å². The van der Waals surface area contributed by atoms with Crippen LogP contribution in [0.4, 0.5) is 4.79 Å². The van der Waals surface area contributed by atoms with Crippen molar-refractivity contribution in [2.24, 2.45) is 5.92 Å². The predicted molar refractivity (Wildman–Crippen MR) is 90.3 cm³/mol. The fourth-order valence-electron chi connectivity index (χ4n) is 3.72. The molecule has 5 heteroatoms. The number of rotatable bonds is 2. The Kier molecular flexibility index (Phi) is 4.69. The number of aryl methyl sites for hydroxylation is 1. The summed E-state index contributed by atoms with van der Waals surface area (Å²) in [5.41, 5.74) is 1.92. The second kappa shape index (κ2) is 6.75. The van der Waals surface area contributed by atoms with Crippen LogP contribution in [0.25, 0.3) is 0 Å². The molecule has 0 bridgehead atoms. The molecule has 2 fully saturated rings. The van der Waals surface area contributed by atoms with Crippen molar-refractivity contribution < 1.29 is 14.4 Å². The number of hydrogen-bond acceptors (Lipinski definition) is 3. The molecule has 0 spiro atoms. The van der Waals surface area contributed by atoms with Crippen LogP contribution in [0, 0.1) is 12.8 Å². The standard InChI is InChI=1S/C19H24N2O3/c1-12-8-10-14(11-9-12)16-13(2)17(22)18(23)21(16)19(24)20-15-6-4-3-5-7-15/h8-11,13,15-16H,3-7H2,1-2H3,(H,20,24). The van der Waals surface area contributed by atoms with Crippen LogP contribution in [0.2, 0.25) is 0 Å². The number of hydrogen-bond donors (Lipinski definition) is 1. The Labute approximate surface area is 142 Å². The predicted octanol–water partition coefficient (Wildman–Crippen LogP) is 3.13. The SMILES string of the molecule is Cc1ccc(C2C(C)C(=O)C(=O)N2C(=O)NC2CCCCC2)cc1. The summed E-state index contributed by atoms with van der Waals surface area (Å²) < 4.78 is 0. The van der Waals surface area contributed by atoms with E-state index in [4.69, 9.17) is 0 Å². The van der Waals surface area contributed by atoms with Gasteiger partial charge in [0.15, 0.2) is 0 Å².